The summed E-state index contributed by atoms with van der Waals surface area (Å²) in [4.78, 5) is 35.1. The lowest BCUT2D eigenvalue weighted by Gasteiger charge is -2.21. The van der Waals surface area contributed by atoms with Crippen LogP contribution in [0.5, 0.6) is 0 Å². The van der Waals surface area contributed by atoms with Gasteiger partial charge in [-0.2, -0.15) is 0 Å². The summed E-state index contributed by atoms with van der Waals surface area (Å²) in [7, 11) is 0. The predicted molar refractivity (Wildman–Crippen MR) is 82.5 cm³/mol. The molecule has 1 aromatic rings. The summed E-state index contributed by atoms with van der Waals surface area (Å²) in [6.07, 6.45) is 0.288. The molecule has 0 heterocycles. The van der Waals surface area contributed by atoms with Crippen molar-refractivity contribution in [3.63, 3.8) is 0 Å². The molecule has 120 valence electrons. The Labute approximate surface area is 129 Å². The second kappa shape index (κ2) is 8.14. The van der Waals surface area contributed by atoms with E-state index in [2.05, 4.69) is 10.6 Å². The van der Waals surface area contributed by atoms with E-state index in [9.17, 15) is 14.4 Å². The van der Waals surface area contributed by atoms with Crippen molar-refractivity contribution >= 4 is 17.7 Å². The van der Waals surface area contributed by atoms with Crippen molar-refractivity contribution in [3.05, 3.63) is 35.9 Å². The smallest absolute Gasteiger partial charge is 0.243 e. The second-order valence-corrected chi connectivity index (χ2v) is 5.17. The zero-order valence-corrected chi connectivity index (χ0v) is 12.7. The highest BCUT2D eigenvalue weighted by Crippen LogP contribution is 2.04. The molecule has 1 rings (SSSR count). The fourth-order valence-corrected chi connectivity index (χ4v) is 1.75. The number of carbonyl (C=O) groups is 3. The molecule has 3 amide bonds. The van der Waals surface area contributed by atoms with Crippen molar-refractivity contribution in [1.29, 1.82) is 0 Å². The number of rotatable bonds is 7. The van der Waals surface area contributed by atoms with Gasteiger partial charge in [-0.25, -0.2) is 0 Å². The number of primary amides is 1. The Balaban J connectivity index is 2.83. The number of nitrogens with two attached hydrogens (primary N) is 2. The van der Waals surface area contributed by atoms with Crippen LogP contribution < -0.4 is 22.1 Å². The van der Waals surface area contributed by atoms with E-state index in [1.165, 1.54) is 13.8 Å². The van der Waals surface area contributed by atoms with Crippen molar-refractivity contribution in [2.45, 2.75) is 38.4 Å². The zero-order chi connectivity index (χ0) is 16.7. The molecule has 0 bridgehead atoms. The molecule has 0 aliphatic heterocycles. The first-order valence-electron chi connectivity index (χ1n) is 7.00. The summed E-state index contributed by atoms with van der Waals surface area (Å²) in [6, 6.07) is 6.83. The van der Waals surface area contributed by atoms with E-state index >= 15 is 0 Å². The van der Waals surface area contributed by atoms with E-state index in [0.29, 0.717) is 0 Å². The van der Waals surface area contributed by atoms with Gasteiger partial charge in [0.15, 0.2) is 0 Å². The van der Waals surface area contributed by atoms with Crippen LogP contribution >= 0.6 is 0 Å². The molecule has 22 heavy (non-hydrogen) atoms. The van der Waals surface area contributed by atoms with Crippen LogP contribution in [0, 0.1) is 0 Å². The average molecular weight is 306 g/mol. The third-order valence-corrected chi connectivity index (χ3v) is 3.11. The molecular weight excluding hydrogens is 284 g/mol. The van der Waals surface area contributed by atoms with Crippen LogP contribution in [0.4, 0.5) is 0 Å². The molecule has 1 aromatic carbocycles. The van der Waals surface area contributed by atoms with Crippen LogP contribution in [0.3, 0.4) is 0 Å². The Hall–Kier alpha value is -2.41. The third-order valence-electron chi connectivity index (χ3n) is 3.11. The molecule has 0 fully saturated rings. The molecule has 6 N–H and O–H groups in total. The molecule has 0 aliphatic carbocycles. The maximum atomic E-state index is 12.2. The topological polar surface area (TPSA) is 127 Å². The summed E-state index contributed by atoms with van der Waals surface area (Å²) in [5.41, 5.74) is 11.5. The van der Waals surface area contributed by atoms with Crippen LogP contribution in [-0.2, 0) is 20.8 Å². The van der Waals surface area contributed by atoms with Gasteiger partial charge in [-0.15, -0.1) is 0 Å². The number of hydrogen-bond acceptors (Lipinski definition) is 4. The van der Waals surface area contributed by atoms with E-state index in [-0.39, 0.29) is 6.42 Å². The van der Waals surface area contributed by atoms with Crippen LogP contribution in [0.2, 0.25) is 0 Å². The quantitative estimate of drug-likeness (QED) is 0.518. The lowest BCUT2D eigenvalue weighted by molar-refractivity contribution is -0.131. The molecule has 7 nitrogen and oxygen atoms in total. The highest BCUT2D eigenvalue weighted by Gasteiger charge is 2.24. The van der Waals surface area contributed by atoms with E-state index in [1.54, 1.807) is 0 Å². The normalized spacial score (nSPS) is 14.5. The summed E-state index contributed by atoms with van der Waals surface area (Å²) in [5.74, 6) is -1.57. The van der Waals surface area contributed by atoms with E-state index in [4.69, 9.17) is 11.5 Å². The first-order valence-corrected chi connectivity index (χ1v) is 7.00. The van der Waals surface area contributed by atoms with Gasteiger partial charge in [0.05, 0.1) is 6.04 Å². The molecule has 0 aliphatic rings. The van der Waals surface area contributed by atoms with Crippen LogP contribution in [0.1, 0.15) is 19.4 Å². The number of nitrogens with one attached hydrogen (secondary N) is 2. The Kier molecular flexibility index (Phi) is 6.52. The Bertz CT molecular complexity index is 531. The molecule has 0 saturated heterocycles. The van der Waals surface area contributed by atoms with Crippen molar-refractivity contribution in [3.8, 4) is 0 Å². The Morgan fingerprint density at radius 3 is 2.14 bits per heavy atom. The minimum atomic E-state index is -0.831. The number of amides is 3. The minimum Gasteiger partial charge on any atom is -0.368 e. The van der Waals surface area contributed by atoms with Crippen molar-refractivity contribution in [1.82, 2.24) is 10.6 Å². The number of hydrogen-bond donors (Lipinski definition) is 4. The monoisotopic (exact) mass is 306 g/mol. The van der Waals surface area contributed by atoms with Gasteiger partial charge in [-0.3, -0.25) is 14.4 Å². The molecule has 7 heteroatoms. The van der Waals surface area contributed by atoms with E-state index in [1.807, 2.05) is 30.3 Å². The number of carbonyl (C=O) groups excluding carboxylic acids is 3. The van der Waals surface area contributed by atoms with Gasteiger partial charge < -0.3 is 22.1 Å². The summed E-state index contributed by atoms with van der Waals surface area (Å²) < 4.78 is 0. The first kappa shape index (κ1) is 17.6. The lowest BCUT2D eigenvalue weighted by Crippen LogP contribution is -2.55. The Morgan fingerprint density at radius 2 is 1.64 bits per heavy atom. The van der Waals surface area contributed by atoms with Crippen molar-refractivity contribution < 1.29 is 14.4 Å². The third kappa shape index (κ3) is 5.53. The molecule has 0 saturated carbocycles. The van der Waals surface area contributed by atoms with Crippen LogP contribution in [0.15, 0.2) is 30.3 Å². The van der Waals surface area contributed by atoms with Gasteiger partial charge in [-0.05, 0) is 19.4 Å². The molecule has 0 aromatic heterocycles. The molecule has 0 radical (unpaired) electrons. The van der Waals surface area contributed by atoms with Crippen LogP contribution in [-0.4, -0.2) is 35.8 Å². The largest absolute Gasteiger partial charge is 0.368 e. The molecule has 0 unspecified atom stereocenters. The van der Waals surface area contributed by atoms with Gasteiger partial charge in [0.2, 0.25) is 17.7 Å². The fraction of sp³-hybridized carbons (Fsp3) is 0.400. The average Bonchev–Trinajstić information content (AvgIpc) is 2.47. The second-order valence-electron chi connectivity index (χ2n) is 5.17. The predicted octanol–water partition coefficient (Wildman–Crippen LogP) is -0.949. The minimum absolute atomic E-state index is 0.288. The molecule has 0 spiro atoms. The van der Waals surface area contributed by atoms with Gasteiger partial charge in [0, 0.05) is 6.42 Å². The lowest BCUT2D eigenvalue weighted by atomic mass is 10.0. The SMILES string of the molecule is C[C@H](N)C(=O)N[C@@H](Cc1ccccc1)C(=O)N[C@@H](C)C(N)=O. The van der Waals surface area contributed by atoms with E-state index in [0.717, 1.165) is 5.56 Å². The van der Waals surface area contributed by atoms with Crippen molar-refractivity contribution in [2.75, 3.05) is 0 Å². The van der Waals surface area contributed by atoms with Gasteiger partial charge in [0.1, 0.15) is 12.1 Å². The maximum absolute atomic E-state index is 12.2. The summed E-state index contributed by atoms with van der Waals surface area (Å²) in [5, 5.41) is 5.06. The van der Waals surface area contributed by atoms with Gasteiger partial charge in [0.25, 0.3) is 0 Å². The number of benzene rings is 1. The maximum Gasteiger partial charge on any atom is 0.243 e. The molecular formula is C15H22N4O3. The highest BCUT2D eigenvalue weighted by atomic mass is 16.2. The summed E-state index contributed by atoms with van der Waals surface area (Å²) in [6.45, 7) is 3.01. The van der Waals surface area contributed by atoms with Gasteiger partial charge >= 0.3 is 0 Å². The zero-order valence-electron chi connectivity index (χ0n) is 12.7. The summed E-state index contributed by atoms with van der Waals surface area (Å²) >= 11 is 0. The molecule has 3 atom stereocenters. The standard InChI is InChI=1S/C15H22N4O3/c1-9(16)14(21)19-12(8-11-6-4-3-5-7-11)15(22)18-10(2)13(17)20/h3-7,9-10,12H,8,16H2,1-2H3,(H2,17,20)(H,18,22)(H,19,21)/t9-,10-,12-/m0/s1. The van der Waals surface area contributed by atoms with Gasteiger partial charge in [-0.1, -0.05) is 30.3 Å². The fourth-order valence-electron chi connectivity index (χ4n) is 1.75. The van der Waals surface area contributed by atoms with Crippen LogP contribution in [0.25, 0.3) is 0 Å². The highest BCUT2D eigenvalue weighted by molar-refractivity contribution is 5.92. The van der Waals surface area contributed by atoms with E-state index < -0.39 is 35.8 Å². The Morgan fingerprint density at radius 1 is 1.05 bits per heavy atom. The first-order chi connectivity index (χ1) is 10.3. The van der Waals surface area contributed by atoms with Crippen molar-refractivity contribution in [2.24, 2.45) is 11.5 Å².